The van der Waals surface area contributed by atoms with E-state index in [1.165, 1.54) is 23.4 Å². The van der Waals surface area contributed by atoms with E-state index < -0.39 is 10.8 Å². The summed E-state index contributed by atoms with van der Waals surface area (Å²) in [6.07, 6.45) is 2.93. The molecule has 1 aliphatic rings. The fraction of sp³-hybridized carbons (Fsp3) is 0. The van der Waals surface area contributed by atoms with Crippen molar-refractivity contribution in [3.8, 4) is 0 Å². The number of para-hydroxylation sites is 1. The predicted molar refractivity (Wildman–Crippen MR) is 120 cm³/mol. The van der Waals surface area contributed by atoms with Crippen LogP contribution in [0.2, 0.25) is 5.02 Å². The number of halogens is 1. The quantitative estimate of drug-likeness (QED) is 0.249. The van der Waals surface area contributed by atoms with Crippen LogP contribution in [0, 0.1) is 10.1 Å². The Hall–Kier alpha value is -4.10. The summed E-state index contributed by atoms with van der Waals surface area (Å²) in [5.41, 5.74) is 1.68. The molecule has 8 heteroatoms. The molecule has 1 amide bonds. The van der Waals surface area contributed by atoms with Gasteiger partial charge in [-0.1, -0.05) is 66.2 Å². The number of rotatable bonds is 5. The molecule has 0 N–H and O–H groups in total. The summed E-state index contributed by atoms with van der Waals surface area (Å²) in [6.45, 7) is 0. The van der Waals surface area contributed by atoms with Crippen LogP contribution in [0.15, 0.2) is 94.7 Å². The van der Waals surface area contributed by atoms with E-state index in [0.717, 1.165) is 5.56 Å². The summed E-state index contributed by atoms with van der Waals surface area (Å²) in [5, 5.41) is 17.4. The monoisotopic (exact) mass is 430 g/mol. The molecule has 1 heterocycles. The van der Waals surface area contributed by atoms with Crippen LogP contribution >= 0.6 is 11.6 Å². The molecule has 0 spiro atoms. The molecule has 0 saturated carbocycles. The van der Waals surface area contributed by atoms with Crippen molar-refractivity contribution in [2.45, 2.75) is 0 Å². The van der Waals surface area contributed by atoms with E-state index in [9.17, 15) is 14.9 Å². The smallest absolute Gasteiger partial charge is 0.265 e. The standard InChI is InChI=1S/C23H15ClN4O3/c24-19-12-10-16(11-13-19)15-25-27-22(17-6-2-1-3-7-17)26-20(23(27)29)14-18-8-4-5-9-21(18)28(30)31/h1-15H/b20-14+,25-15+. The number of nitro benzene ring substituents is 1. The van der Waals surface area contributed by atoms with Crippen LogP contribution in [0.5, 0.6) is 0 Å². The van der Waals surface area contributed by atoms with Crippen molar-refractivity contribution < 1.29 is 9.72 Å². The predicted octanol–water partition coefficient (Wildman–Crippen LogP) is 4.91. The van der Waals surface area contributed by atoms with E-state index in [-0.39, 0.29) is 16.9 Å². The molecule has 152 valence electrons. The number of amidine groups is 1. The number of nitrogens with zero attached hydrogens (tertiary/aromatic N) is 4. The molecular weight excluding hydrogens is 416 g/mol. The van der Waals surface area contributed by atoms with E-state index in [4.69, 9.17) is 11.6 Å². The maximum absolute atomic E-state index is 13.1. The number of nitro groups is 1. The van der Waals surface area contributed by atoms with E-state index in [1.807, 2.05) is 30.3 Å². The lowest BCUT2D eigenvalue weighted by Crippen LogP contribution is -2.27. The van der Waals surface area contributed by atoms with Gasteiger partial charge in [0.25, 0.3) is 11.6 Å². The summed E-state index contributed by atoms with van der Waals surface area (Å²) in [7, 11) is 0. The summed E-state index contributed by atoms with van der Waals surface area (Å²) in [5.74, 6) is -0.150. The normalized spacial score (nSPS) is 15.0. The second kappa shape index (κ2) is 8.73. The fourth-order valence-corrected chi connectivity index (χ4v) is 3.11. The van der Waals surface area contributed by atoms with Crippen molar-refractivity contribution in [2.75, 3.05) is 0 Å². The molecule has 31 heavy (non-hydrogen) atoms. The van der Waals surface area contributed by atoms with E-state index >= 15 is 0 Å². The van der Waals surface area contributed by atoms with E-state index in [0.29, 0.717) is 16.4 Å². The first-order chi connectivity index (χ1) is 15.0. The van der Waals surface area contributed by atoms with Gasteiger partial charge in [-0.3, -0.25) is 14.9 Å². The average molecular weight is 431 g/mol. The van der Waals surface area contributed by atoms with Crippen molar-refractivity contribution in [3.63, 3.8) is 0 Å². The van der Waals surface area contributed by atoms with Gasteiger partial charge in [0.15, 0.2) is 5.84 Å². The highest BCUT2D eigenvalue weighted by Crippen LogP contribution is 2.26. The molecule has 0 unspecified atom stereocenters. The SMILES string of the molecule is O=C1/C(=C\c2ccccc2[N+](=O)[O-])N=C(c2ccccc2)N1/N=C/c1ccc(Cl)cc1. The minimum Gasteiger partial charge on any atom is -0.265 e. The molecule has 3 aromatic rings. The molecule has 0 atom stereocenters. The Morgan fingerprint density at radius 2 is 1.65 bits per heavy atom. The van der Waals surface area contributed by atoms with Gasteiger partial charge in [0.05, 0.1) is 16.7 Å². The third kappa shape index (κ3) is 4.41. The first kappa shape index (κ1) is 20.2. The number of aliphatic imine (C=N–C) groups is 1. The summed E-state index contributed by atoms with van der Waals surface area (Å²) in [6, 6.07) is 22.3. The molecule has 0 radical (unpaired) electrons. The van der Waals surface area contributed by atoms with E-state index in [1.54, 1.807) is 42.5 Å². The zero-order chi connectivity index (χ0) is 21.8. The van der Waals surface area contributed by atoms with Gasteiger partial charge in [-0.05, 0) is 29.8 Å². The van der Waals surface area contributed by atoms with Gasteiger partial charge in [0.2, 0.25) is 0 Å². The molecule has 1 aliphatic heterocycles. The molecular formula is C23H15ClN4O3. The van der Waals surface area contributed by atoms with Gasteiger partial charge in [-0.15, -0.1) is 0 Å². The molecule has 0 aliphatic carbocycles. The van der Waals surface area contributed by atoms with Gasteiger partial charge in [0.1, 0.15) is 5.70 Å². The van der Waals surface area contributed by atoms with Crippen molar-refractivity contribution in [3.05, 3.63) is 116 Å². The minimum atomic E-state index is -0.496. The van der Waals surface area contributed by atoms with Gasteiger partial charge < -0.3 is 0 Å². The molecule has 0 aromatic heterocycles. The first-order valence-electron chi connectivity index (χ1n) is 9.26. The second-order valence-corrected chi connectivity index (χ2v) is 7.00. The highest BCUT2D eigenvalue weighted by molar-refractivity contribution is 6.30. The number of carbonyl (C=O) groups excluding carboxylic acids is 1. The van der Waals surface area contributed by atoms with Crippen LogP contribution in [0.4, 0.5) is 5.69 Å². The van der Waals surface area contributed by atoms with Crippen LogP contribution in [0.1, 0.15) is 16.7 Å². The third-order valence-electron chi connectivity index (χ3n) is 4.49. The number of carbonyl (C=O) groups is 1. The maximum Gasteiger partial charge on any atom is 0.298 e. The van der Waals surface area contributed by atoms with Crippen LogP contribution in [-0.4, -0.2) is 27.9 Å². The number of benzene rings is 3. The van der Waals surface area contributed by atoms with Crippen LogP contribution in [0.25, 0.3) is 6.08 Å². The van der Waals surface area contributed by atoms with Crippen LogP contribution in [0.3, 0.4) is 0 Å². The summed E-state index contributed by atoms with van der Waals surface area (Å²) in [4.78, 5) is 28.4. The third-order valence-corrected chi connectivity index (χ3v) is 4.74. The molecule has 4 rings (SSSR count). The molecule has 0 bridgehead atoms. The lowest BCUT2D eigenvalue weighted by Gasteiger charge is -2.11. The van der Waals surface area contributed by atoms with Gasteiger partial charge in [-0.25, -0.2) is 4.99 Å². The van der Waals surface area contributed by atoms with Crippen LogP contribution in [-0.2, 0) is 4.79 Å². The van der Waals surface area contributed by atoms with Gasteiger partial charge in [0, 0.05) is 16.7 Å². The molecule has 0 fully saturated rings. The maximum atomic E-state index is 13.1. The Bertz CT molecular complexity index is 1240. The average Bonchev–Trinajstić information content (AvgIpc) is 3.09. The number of amides is 1. The largest absolute Gasteiger partial charge is 0.298 e. The first-order valence-corrected chi connectivity index (χ1v) is 9.64. The Balaban J connectivity index is 1.75. The lowest BCUT2D eigenvalue weighted by atomic mass is 10.1. The van der Waals surface area contributed by atoms with E-state index in [2.05, 4.69) is 10.1 Å². The Morgan fingerprint density at radius 1 is 0.968 bits per heavy atom. The molecule has 7 nitrogen and oxygen atoms in total. The highest BCUT2D eigenvalue weighted by Gasteiger charge is 2.31. The van der Waals surface area contributed by atoms with Crippen molar-refractivity contribution in [1.82, 2.24) is 5.01 Å². The number of hydrogen-bond acceptors (Lipinski definition) is 5. The zero-order valence-corrected chi connectivity index (χ0v) is 16.8. The molecule has 0 saturated heterocycles. The molecule has 3 aromatic carbocycles. The Kier molecular flexibility index (Phi) is 5.68. The van der Waals surface area contributed by atoms with Gasteiger partial charge in [-0.2, -0.15) is 10.1 Å². The second-order valence-electron chi connectivity index (χ2n) is 6.56. The van der Waals surface area contributed by atoms with Gasteiger partial charge >= 0.3 is 0 Å². The highest BCUT2D eigenvalue weighted by atomic mass is 35.5. The zero-order valence-electron chi connectivity index (χ0n) is 16.1. The van der Waals surface area contributed by atoms with Crippen molar-refractivity contribution in [1.29, 1.82) is 0 Å². The van der Waals surface area contributed by atoms with Crippen LogP contribution < -0.4 is 0 Å². The summed E-state index contributed by atoms with van der Waals surface area (Å²) >= 11 is 5.91. The lowest BCUT2D eigenvalue weighted by molar-refractivity contribution is -0.385. The minimum absolute atomic E-state index is 0.0569. The fourth-order valence-electron chi connectivity index (χ4n) is 2.99. The summed E-state index contributed by atoms with van der Waals surface area (Å²) < 4.78 is 0. The Labute approximate surface area is 182 Å². The van der Waals surface area contributed by atoms with Crippen molar-refractivity contribution >= 4 is 41.3 Å². The van der Waals surface area contributed by atoms with Crippen molar-refractivity contribution in [2.24, 2.45) is 10.1 Å². The number of hydrazone groups is 1. The topological polar surface area (TPSA) is 88.2 Å². The number of hydrogen-bond donors (Lipinski definition) is 0. The Morgan fingerprint density at radius 3 is 2.35 bits per heavy atom.